The van der Waals surface area contributed by atoms with Gasteiger partial charge in [-0.25, -0.2) is 4.98 Å². The van der Waals surface area contributed by atoms with Crippen molar-refractivity contribution in [3.8, 4) is 5.88 Å². The molecular weight excluding hydrogens is 132 g/mol. The van der Waals surface area contributed by atoms with Gasteiger partial charge in [0, 0.05) is 6.20 Å². The van der Waals surface area contributed by atoms with E-state index in [-0.39, 0.29) is 11.6 Å². The van der Waals surface area contributed by atoms with Crippen LogP contribution >= 0.6 is 0 Å². The highest BCUT2D eigenvalue weighted by Gasteiger charge is 2.03. The van der Waals surface area contributed by atoms with Crippen molar-refractivity contribution in [2.75, 3.05) is 0 Å². The number of hydrogen-bond acceptors (Lipinski definition) is 4. The van der Waals surface area contributed by atoms with Crippen LogP contribution in [-0.2, 0) is 0 Å². The molecule has 52 valence electrons. The summed E-state index contributed by atoms with van der Waals surface area (Å²) in [5.74, 6) is -0.310. The Morgan fingerprint density at radius 2 is 2.40 bits per heavy atom. The summed E-state index contributed by atoms with van der Waals surface area (Å²) in [5, 5.41) is 11.5. The number of aryl methyl sites for hydroxylation is 1. The number of nitrogens with zero attached hydrogens (tertiary/aromatic N) is 2. The van der Waals surface area contributed by atoms with Crippen LogP contribution in [-0.4, -0.2) is 10.1 Å². The lowest BCUT2D eigenvalue weighted by Crippen LogP contribution is -1.77. The average Bonchev–Trinajstić information content (AvgIpc) is 1.88. The van der Waals surface area contributed by atoms with Gasteiger partial charge >= 0.3 is 0 Å². The van der Waals surface area contributed by atoms with Gasteiger partial charge in [-0.2, -0.15) is 0 Å². The zero-order valence-electron chi connectivity index (χ0n) is 5.40. The molecule has 0 aliphatic carbocycles. The maximum absolute atomic E-state index is 10.00. The normalized spacial score (nSPS) is 9.30. The second kappa shape index (κ2) is 2.43. The van der Waals surface area contributed by atoms with Gasteiger partial charge in [0.1, 0.15) is 0 Å². The summed E-state index contributed by atoms with van der Waals surface area (Å²) in [7, 11) is 0. The standard InChI is InChI=1S/C6H6N2O2/c1-4-2-3-7-6(9)5(4)8-10/h2-3H,1H3,(H,7,9). The third kappa shape index (κ3) is 0.953. The van der Waals surface area contributed by atoms with Gasteiger partial charge in [0.25, 0.3) is 0 Å². The summed E-state index contributed by atoms with van der Waals surface area (Å²) in [6, 6.07) is 1.61. The summed E-state index contributed by atoms with van der Waals surface area (Å²) in [6.07, 6.45) is 1.42. The van der Waals surface area contributed by atoms with Crippen molar-refractivity contribution >= 4 is 5.69 Å². The SMILES string of the molecule is Cc1ccnc(O)c1N=O. The van der Waals surface area contributed by atoms with Crippen molar-refractivity contribution in [2.24, 2.45) is 5.18 Å². The molecule has 0 spiro atoms. The van der Waals surface area contributed by atoms with Crippen LogP contribution in [0.1, 0.15) is 5.56 Å². The van der Waals surface area contributed by atoms with E-state index < -0.39 is 0 Å². The molecule has 1 N–H and O–H groups in total. The molecule has 0 fully saturated rings. The maximum Gasteiger partial charge on any atom is 0.241 e. The zero-order valence-corrected chi connectivity index (χ0v) is 5.40. The molecule has 0 amide bonds. The third-order valence-corrected chi connectivity index (χ3v) is 1.20. The fourth-order valence-corrected chi connectivity index (χ4v) is 0.649. The predicted octanol–water partition coefficient (Wildman–Crippen LogP) is 1.49. The van der Waals surface area contributed by atoms with Gasteiger partial charge < -0.3 is 5.11 Å². The molecule has 0 radical (unpaired) electrons. The van der Waals surface area contributed by atoms with E-state index >= 15 is 0 Å². The van der Waals surface area contributed by atoms with E-state index in [1.807, 2.05) is 0 Å². The lowest BCUT2D eigenvalue weighted by Gasteiger charge is -1.95. The molecule has 0 saturated carbocycles. The molecule has 0 aliphatic rings. The van der Waals surface area contributed by atoms with E-state index in [0.717, 1.165) is 0 Å². The molecule has 0 atom stereocenters. The summed E-state index contributed by atoms with van der Waals surface area (Å²) >= 11 is 0. The first-order valence-electron chi connectivity index (χ1n) is 2.73. The summed E-state index contributed by atoms with van der Waals surface area (Å²) < 4.78 is 0. The third-order valence-electron chi connectivity index (χ3n) is 1.20. The summed E-state index contributed by atoms with van der Waals surface area (Å²) in [5.41, 5.74) is 0.644. The Bertz CT molecular complexity index is 240. The Hall–Kier alpha value is -1.45. The highest BCUT2D eigenvalue weighted by molar-refractivity contribution is 5.51. The second-order valence-corrected chi connectivity index (χ2v) is 1.89. The molecule has 0 aliphatic heterocycles. The topological polar surface area (TPSA) is 62.6 Å². The minimum absolute atomic E-state index is 0.0162. The molecular formula is C6H6N2O2. The molecule has 10 heavy (non-hydrogen) atoms. The fourth-order valence-electron chi connectivity index (χ4n) is 0.649. The van der Waals surface area contributed by atoms with Gasteiger partial charge in [0.2, 0.25) is 5.88 Å². The molecule has 0 unspecified atom stereocenters. The van der Waals surface area contributed by atoms with E-state index in [1.54, 1.807) is 13.0 Å². The number of rotatable bonds is 1. The molecule has 0 saturated heterocycles. The molecule has 1 rings (SSSR count). The summed E-state index contributed by atoms with van der Waals surface area (Å²) in [4.78, 5) is 13.5. The monoisotopic (exact) mass is 138 g/mol. The smallest absolute Gasteiger partial charge is 0.241 e. The van der Waals surface area contributed by atoms with Gasteiger partial charge in [-0.15, -0.1) is 4.91 Å². The van der Waals surface area contributed by atoms with Crippen molar-refractivity contribution in [1.29, 1.82) is 0 Å². The number of aromatic hydroxyl groups is 1. The minimum atomic E-state index is -0.310. The first-order chi connectivity index (χ1) is 4.75. The average molecular weight is 138 g/mol. The van der Waals surface area contributed by atoms with Crippen LogP contribution in [0.5, 0.6) is 5.88 Å². The highest BCUT2D eigenvalue weighted by Crippen LogP contribution is 2.26. The first kappa shape index (κ1) is 6.67. The van der Waals surface area contributed by atoms with Crippen LogP contribution in [0.3, 0.4) is 0 Å². The van der Waals surface area contributed by atoms with Gasteiger partial charge in [-0.05, 0) is 23.7 Å². The van der Waals surface area contributed by atoms with Crippen LogP contribution in [0.2, 0.25) is 0 Å². The van der Waals surface area contributed by atoms with E-state index in [2.05, 4.69) is 10.2 Å². The minimum Gasteiger partial charge on any atom is -0.492 e. The highest BCUT2D eigenvalue weighted by atomic mass is 16.3. The van der Waals surface area contributed by atoms with Gasteiger partial charge in [0.15, 0.2) is 5.69 Å². The Labute approximate surface area is 57.5 Å². The Morgan fingerprint density at radius 1 is 1.70 bits per heavy atom. The zero-order chi connectivity index (χ0) is 7.56. The fraction of sp³-hybridized carbons (Fsp3) is 0.167. The van der Waals surface area contributed by atoms with E-state index in [4.69, 9.17) is 5.11 Å². The van der Waals surface area contributed by atoms with E-state index in [1.165, 1.54) is 6.20 Å². The van der Waals surface area contributed by atoms with E-state index in [0.29, 0.717) is 5.56 Å². The predicted molar refractivity (Wildman–Crippen MR) is 36.1 cm³/mol. The molecule has 1 aromatic rings. The lowest BCUT2D eigenvalue weighted by molar-refractivity contribution is 0.454. The second-order valence-electron chi connectivity index (χ2n) is 1.89. The van der Waals surface area contributed by atoms with E-state index in [9.17, 15) is 4.91 Å². The molecule has 0 bridgehead atoms. The molecule has 1 heterocycles. The molecule has 1 aromatic heterocycles. The van der Waals surface area contributed by atoms with Gasteiger partial charge in [-0.1, -0.05) is 0 Å². The van der Waals surface area contributed by atoms with Crippen molar-refractivity contribution in [3.63, 3.8) is 0 Å². The van der Waals surface area contributed by atoms with Crippen LogP contribution in [0.15, 0.2) is 17.4 Å². The van der Waals surface area contributed by atoms with Crippen LogP contribution in [0.4, 0.5) is 5.69 Å². The molecule has 0 aromatic carbocycles. The maximum atomic E-state index is 10.00. The number of hydrogen-bond donors (Lipinski definition) is 1. The lowest BCUT2D eigenvalue weighted by atomic mass is 10.2. The van der Waals surface area contributed by atoms with Crippen LogP contribution in [0.25, 0.3) is 0 Å². The first-order valence-corrected chi connectivity index (χ1v) is 2.73. The number of nitroso groups, excluding NO2 is 1. The molecule has 4 heteroatoms. The largest absolute Gasteiger partial charge is 0.492 e. The molecule has 4 nitrogen and oxygen atoms in total. The Balaban J connectivity index is 3.30. The Morgan fingerprint density at radius 3 is 2.80 bits per heavy atom. The van der Waals surface area contributed by atoms with Crippen LogP contribution in [0, 0.1) is 11.8 Å². The van der Waals surface area contributed by atoms with Crippen molar-refractivity contribution < 1.29 is 5.11 Å². The Kier molecular flexibility index (Phi) is 1.62. The van der Waals surface area contributed by atoms with Crippen molar-refractivity contribution in [3.05, 3.63) is 22.7 Å². The number of aromatic nitrogens is 1. The quantitative estimate of drug-likeness (QED) is 0.598. The number of pyridine rings is 1. The summed E-state index contributed by atoms with van der Waals surface area (Å²) in [6.45, 7) is 1.68. The van der Waals surface area contributed by atoms with Crippen molar-refractivity contribution in [1.82, 2.24) is 4.98 Å². The van der Waals surface area contributed by atoms with Crippen molar-refractivity contribution in [2.45, 2.75) is 6.92 Å². The van der Waals surface area contributed by atoms with Gasteiger partial charge in [0.05, 0.1) is 0 Å². The van der Waals surface area contributed by atoms with Gasteiger partial charge in [-0.3, -0.25) is 0 Å². The van der Waals surface area contributed by atoms with Crippen LogP contribution < -0.4 is 0 Å².